The lowest BCUT2D eigenvalue weighted by atomic mass is 10.0. The molecule has 0 saturated carbocycles. The van der Waals surface area contributed by atoms with E-state index in [1.807, 2.05) is 6.92 Å². The molecule has 1 atom stereocenters. The number of hydrogen-bond donors (Lipinski definition) is 1. The summed E-state index contributed by atoms with van der Waals surface area (Å²) < 4.78 is 38.5. The summed E-state index contributed by atoms with van der Waals surface area (Å²) in [5.74, 6) is 0. The quantitative estimate of drug-likeness (QED) is 0.629. The fourth-order valence-electron chi connectivity index (χ4n) is 2.93. The van der Waals surface area contributed by atoms with Gasteiger partial charge in [0, 0.05) is 23.8 Å². The molecule has 5 heteroatoms. The Morgan fingerprint density at radius 1 is 1.22 bits per heavy atom. The lowest BCUT2D eigenvalue weighted by molar-refractivity contribution is -0.137. The van der Waals surface area contributed by atoms with Crippen LogP contribution in [0.15, 0.2) is 18.2 Å². The Hall–Kier alpha value is -1.23. The van der Waals surface area contributed by atoms with Crippen molar-refractivity contribution in [1.82, 2.24) is 0 Å². The Morgan fingerprint density at radius 3 is 2.39 bits per heavy atom. The summed E-state index contributed by atoms with van der Waals surface area (Å²) in [5, 5.41) is 9.52. The van der Waals surface area contributed by atoms with Crippen molar-refractivity contribution in [2.24, 2.45) is 0 Å². The third-order valence-electron chi connectivity index (χ3n) is 4.18. The molecule has 1 aromatic rings. The fourth-order valence-corrected chi connectivity index (χ4v) is 2.93. The third-order valence-corrected chi connectivity index (χ3v) is 4.18. The van der Waals surface area contributed by atoms with Gasteiger partial charge in [-0.05, 0) is 38.0 Å². The highest BCUT2D eigenvalue weighted by Crippen LogP contribution is 2.34. The van der Waals surface area contributed by atoms with Crippen LogP contribution in [-0.4, -0.2) is 17.7 Å². The zero-order chi connectivity index (χ0) is 17.5. The van der Waals surface area contributed by atoms with E-state index in [0.717, 1.165) is 44.2 Å². The second-order valence-electron chi connectivity index (χ2n) is 5.70. The van der Waals surface area contributed by atoms with E-state index in [1.165, 1.54) is 6.07 Å². The SMILES string of the molecule is [CH2]CCCCC(CC)N(CC)c1ccc(C(F)(F)F)cc1CO. The molecule has 1 radical (unpaired) electrons. The minimum absolute atomic E-state index is 0.258. The molecular formula is C18H27F3NO. The van der Waals surface area contributed by atoms with Crippen LogP contribution in [0.5, 0.6) is 0 Å². The first-order valence-corrected chi connectivity index (χ1v) is 8.25. The van der Waals surface area contributed by atoms with Crippen LogP contribution in [0.3, 0.4) is 0 Å². The maximum atomic E-state index is 12.8. The Labute approximate surface area is 137 Å². The lowest BCUT2D eigenvalue weighted by Gasteiger charge is -2.34. The summed E-state index contributed by atoms with van der Waals surface area (Å²) in [6, 6.07) is 3.90. The highest BCUT2D eigenvalue weighted by atomic mass is 19.4. The van der Waals surface area contributed by atoms with Crippen LogP contribution in [0.1, 0.15) is 57.1 Å². The van der Waals surface area contributed by atoms with Crippen LogP contribution in [0.2, 0.25) is 0 Å². The Balaban J connectivity index is 3.08. The zero-order valence-electron chi connectivity index (χ0n) is 14.0. The van der Waals surface area contributed by atoms with E-state index in [1.54, 1.807) is 0 Å². The predicted molar refractivity (Wildman–Crippen MR) is 88.3 cm³/mol. The second kappa shape index (κ2) is 9.16. The molecule has 0 bridgehead atoms. The Morgan fingerprint density at radius 2 is 1.91 bits per heavy atom. The summed E-state index contributed by atoms with van der Waals surface area (Å²) in [7, 11) is 0. The fraction of sp³-hybridized carbons (Fsp3) is 0.611. The zero-order valence-corrected chi connectivity index (χ0v) is 14.0. The van der Waals surface area contributed by atoms with Gasteiger partial charge < -0.3 is 10.0 Å². The molecule has 0 amide bonds. The van der Waals surface area contributed by atoms with E-state index in [4.69, 9.17) is 0 Å². The van der Waals surface area contributed by atoms with Crippen molar-refractivity contribution in [1.29, 1.82) is 0 Å². The molecule has 0 fully saturated rings. The Kier molecular flexibility index (Phi) is 7.89. The van der Waals surface area contributed by atoms with Crippen molar-refractivity contribution in [3.63, 3.8) is 0 Å². The van der Waals surface area contributed by atoms with E-state index in [2.05, 4.69) is 18.7 Å². The maximum Gasteiger partial charge on any atom is 0.416 e. The molecule has 0 saturated heterocycles. The van der Waals surface area contributed by atoms with Gasteiger partial charge in [-0.15, -0.1) is 0 Å². The summed E-state index contributed by atoms with van der Waals surface area (Å²) in [4.78, 5) is 2.11. The van der Waals surface area contributed by atoms with Gasteiger partial charge >= 0.3 is 6.18 Å². The number of halogens is 3. The highest BCUT2D eigenvalue weighted by molar-refractivity contribution is 5.56. The van der Waals surface area contributed by atoms with Crippen molar-refractivity contribution in [2.75, 3.05) is 11.4 Å². The number of hydrogen-bond acceptors (Lipinski definition) is 2. The van der Waals surface area contributed by atoms with Crippen molar-refractivity contribution in [3.05, 3.63) is 36.2 Å². The molecule has 1 N–H and O–H groups in total. The van der Waals surface area contributed by atoms with Gasteiger partial charge in [0.2, 0.25) is 0 Å². The van der Waals surface area contributed by atoms with Gasteiger partial charge in [-0.3, -0.25) is 0 Å². The van der Waals surface area contributed by atoms with Crippen LogP contribution >= 0.6 is 0 Å². The number of anilines is 1. The topological polar surface area (TPSA) is 23.5 Å². The molecule has 1 unspecified atom stereocenters. The van der Waals surface area contributed by atoms with Gasteiger partial charge in [0.25, 0.3) is 0 Å². The molecule has 23 heavy (non-hydrogen) atoms. The number of rotatable bonds is 9. The van der Waals surface area contributed by atoms with E-state index in [0.29, 0.717) is 17.8 Å². The van der Waals surface area contributed by atoms with Crippen molar-refractivity contribution in [3.8, 4) is 0 Å². The molecular weight excluding hydrogens is 303 g/mol. The molecule has 0 aromatic heterocycles. The van der Waals surface area contributed by atoms with E-state index in [9.17, 15) is 18.3 Å². The van der Waals surface area contributed by atoms with Gasteiger partial charge in [0.15, 0.2) is 0 Å². The summed E-state index contributed by atoms with van der Waals surface area (Å²) in [5.41, 5.74) is 0.313. The molecule has 2 nitrogen and oxygen atoms in total. The minimum atomic E-state index is -4.39. The van der Waals surface area contributed by atoms with Crippen LogP contribution in [-0.2, 0) is 12.8 Å². The predicted octanol–water partition coefficient (Wildman–Crippen LogP) is 5.20. The molecule has 0 heterocycles. The normalized spacial score (nSPS) is 13.2. The lowest BCUT2D eigenvalue weighted by Crippen LogP contribution is -2.35. The molecule has 1 rings (SSSR count). The number of nitrogens with zero attached hydrogens (tertiary/aromatic N) is 1. The average Bonchev–Trinajstić information content (AvgIpc) is 2.53. The molecule has 0 aliphatic carbocycles. The van der Waals surface area contributed by atoms with Gasteiger partial charge in [0.1, 0.15) is 0 Å². The van der Waals surface area contributed by atoms with Crippen molar-refractivity contribution < 1.29 is 18.3 Å². The standard InChI is InChI=1S/C18H27F3NO/c1-4-7-8-9-16(5-2)22(6-3)17-11-10-15(18(19,20)21)12-14(17)13-23/h10-12,16,23H,1,4-9,13H2,2-3H3. The van der Waals surface area contributed by atoms with Crippen LogP contribution in [0.4, 0.5) is 18.9 Å². The first-order chi connectivity index (χ1) is 10.9. The van der Waals surface area contributed by atoms with E-state index >= 15 is 0 Å². The summed E-state index contributed by atoms with van der Waals surface area (Å²) >= 11 is 0. The summed E-state index contributed by atoms with van der Waals surface area (Å²) in [6.07, 6.45) is 0.493. The number of benzene rings is 1. The molecule has 0 aliphatic heterocycles. The third kappa shape index (κ3) is 5.41. The number of alkyl halides is 3. The first kappa shape index (κ1) is 19.8. The van der Waals surface area contributed by atoms with Crippen LogP contribution in [0.25, 0.3) is 0 Å². The van der Waals surface area contributed by atoms with Crippen molar-refractivity contribution >= 4 is 5.69 Å². The van der Waals surface area contributed by atoms with E-state index in [-0.39, 0.29) is 6.04 Å². The van der Waals surface area contributed by atoms with Crippen molar-refractivity contribution in [2.45, 2.75) is 64.8 Å². The number of aliphatic hydroxyl groups is 1. The minimum Gasteiger partial charge on any atom is -0.392 e. The Bertz CT molecular complexity index is 474. The molecule has 131 valence electrons. The van der Waals surface area contributed by atoms with Crippen LogP contribution in [0, 0.1) is 6.92 Å². The highest BCUT2D eigenvalue weighted by Gasteiger charge is 2.31. The summed E-state index contributed by atoms with van der Waals surface area (Å²) in [6.45, 7) is 8.21. The molecule has 1 aromatic carbocycles. The van der Waals surface area contributed by atoms with E-state index < -0.39 is 18.3 Å². The number of unbranched alkanes of at least 4 members (excludes halogenated alkanes) is 2. The van der Waals surface area contributed by atoms with Gasteiger partial charge in [-0.1, -0.05) is 33.1 Å². The van der Waals surface area contributed by atoms with Gasteiger partial charge in [0.05, 0.1) is 12.2 Å². The number of aliphatic hydroxyl groups excluding tert-OH is 1. The van der Waals surface area contributed by atoms with Crippen LogP contribution < -0.4 is 4.90 Å². The molecule has 0 spiro atoms. The smallest absolute Gasteiger partial charge is 0.392 e. The average molecular weight is 330 g/mol. The second-order valence-corrected chi connectivity index (χ2v) is 5.70. The van der Waals surface area contributed by atoms with Gasteiger partial charge in [-0.2, -0.15) is 13.2 Å². The monoisotopic (exact) mass is 330 g/mol. The first-order valence-electron chi connectivity index (χ1n) is 8.25. The maximum absolute atomic E-state index is 12.8. The molecule has 0 aliphatic rings. The largest absolute Gasteiger partial charge is 0.416 e. The van der Waals surface area contributed by atoms with Gasteiger partial charge in [-0.25, -0.2) is 0 Å².